The average Bonchev–Trinajstić information content (AvgIpc) is 2.63. The normalized spacial score (nSPS) is 12.5. The Kier molecular flexibility index (Phi) is 8.77. The lowest BCUT2D eigenvalue weighted by Crippen LogP contribution is -2.08. The molecule has 0 atom stereocenters. The molecular formula is C19H25N3O4. The summed E-state index contributed by atoms with van der Waals surface area (Å²) < 4.78 is 9.81. The van der Waals surface area contributed by atoms with E-state index in [1.54, 1.807) is 19.9 Å². The lowest BCUT2D eigenvalue weighted by molar-refractivity contribution is -0.133. The summed E-state index contributed by atoms with van der Waals surface area (Å²) in [6.07, 6.45) is 1.35. The predicted octanol–water partition coefficient (Wildman–Crippen LogP) is 3.60. The molecule has 0 spiro atoms. The van der Waals surface area contributed by atoms with E-state index in [1.807, 2.05) is 32.0 Å². The fourth-order valence-electron chi connectivity index (χ4n) is 1.87. The first-order chi connectivity index (χ1) is 12.4. The molecule has 0 amide bonds. The van der Waals surface area contributed by atoms with Gasteiger partial charge in [-0.3, -0.25) is 0 Å². The van der Waals surface area contributed by atoms with Crippen molar-refractivity contribution in [2.45, 2.75) is 34.3 Å². The summed E-state index contributed by atoms with van der Waals surface area (Å²) in [6, 6.07) is 7.31. The highest BCUT2D eigenvalue weighted by Gasteiger charge is 2.16. The van der Waals surface area contributed by atoms with Crippen LogP contribution in [0, 0.1) is 0 Å². The fourth-order valence-corrected chi connectivity index (χ4v) is 1.87. The van der Waals surface area contributed by atoms with Gasteiger partial charge in [-0.1, -0.05) is 29.4 Å². The predicted molar refractivity (Wildman–Crippen MR) is 103 cm³/mol. The van der Waals surface area contributed by atoms with Crippen molar-refractivity contribution in [3.8, 4) is 0 Å². The third-order valence-corrected chi connectivity index (χ3v) is 3.29. The topological polar surface area (TPSA) is 81.8 Å². The van der Waals surface area contributed by atoms with Gasteiger partial charge >= 0.3 is 5.97 Å². The molecule has 0 saturated heterocycles. The van der Waals surface area contributed by atoms with Crippen molar-refractivity contribution >= 4 is 28.7 Å². The summed E-state index contributed by atoms with van der Waals surface area (Å²) in [5.74, 6) is -0.491. The van der Waals surface area contributed by atoms with E-state index < -0.39 is 5.97 Å². The fraction of sp³-hybridized carbons (Fsp3) is 0.368. The van der Waals surface area contributed by atoms with Gasteiger partial charge in [-0.2, -0.15) is 10.2 Å². The van der Waals surface area contributed by atoms with Gasteiger partial charge in [0.1, 0.15) is 12.2 Å². The summed E-state index contributed by atoms with van der Waals surface area (Å²) in [5, 5.41) is 12.1. The second-order valence-corrected chi connectivity index (χ2v) is 5.60. The maximum Gasteiger partial charge on any atom is 0.341 e. The van der Waals surface area contributed by atoms with Gasteiger partial charge in [0, 0.05) is 11.3 Å². The van der Waals surface area contributed by atoms with E-state index in [-0.39, 0.29) is 6.61 Å². The molecule has 0 saturated carbocycles. The van der Waals surface area contributed by atoms with Gasteiger partial charge in [-0.15, -0.1) is 0 Å². The van der Waals surface area contributed by atoms with Crippen LogP contribution in [0.2, 0.25) is 0 Å². The molecular weight excluding hydrogens is 334 g/mol. The minimum Gasteiger partial charge on any atom is -0.503 e. The van der Waals surface area contributed by atoms with Crippen molar-refractivity contribution in [2.75, 3.05) is 14.2 Å². The number of esters is 1. The Hall–Kier alpha value is -2.96. The molecule has 7 nitrogen and oxygen atoms in total. The zero-order chi connectivity index (χ0) is 19.5. The van der Waals surface area contributed by atoms with E-state index in [1.165, 1.54) is 20.5 Å². The molecule has 1 aromatic rings. The maximum absolute atomic E-state index is 12.0. The molecule has 1 rings (SSSR count). The van der Waals surface area contributed by atoms with Crippen LogP contribution in [0.15, 0.2) is 45.9 Å². The number of hydrogen-bond acceptors (Lipinski definition) is 7. The number of carbonyl (C=O) groups excluding carboxylic acids is 1. The number of rotatable bonds is 8. The Morgan fingerprint density at radius 2 is 1.73 bits per heavy atom. The van der Waals surface area contributed by atoms with Gasteiger partial charge in [-0.25, -0.2) is 4.79 Å². The molecule has 0 aliphatic rings. The summed E-state index contributed by atoms with van der Waals surface area (Å²) in [4.78, 5) is 17.4. The minimum atomic E-state index is -0.491. The molecule has 1 aromatic carbocycles. The Morgan fingerprint density at radius 1 is 1.04 bits per heavy atom. The Labute approximate surface area is 154 Å². The molecule has 7 heteroatoms. The third-order valence-electron chi connectivity index (χ3n) is 3.29. The Balaban J connectivity index is 2.97. The highest BCUT2D eigenvalue weighted by atomic mass is 16.6. The van der Waals surface area contributed by atoms with Crippen LogP contribution >= 0.6 is 0 Å². The number of methoxy groups -OCH3 is 2. The standard InChI is InChI=1S/C19H25N3O4/c1-13(2)20-21-14(3)15(4)22-26-11-16-9-7-8-10-17(16)18(12-24-5)19(23)25-6/h7-10,12H,11H2,1-6H3/b18-12-,21-14-,22-15-. The second-order valence-electron chi connectivity index (χ2n) is 5.60. The summed E-state index contributed by atoms with van der Waals surface area (Å²) >= 11 is 0. The van der Waals surface area contributed by atoms with Crippen LogP contribution in [0.4, 0.5) is 0 Å². The quantitative estimate of drug-likeness (QED) is 0.233. The van der Waals surface area contributed by atoms with Crippen LogP contribution in [0.1, 0.15) is 38.8 Å². The van der Waals surface area contributed by atoms with E-state index >= 15 is 0 Å². The highest BCUT2D eigenvalue weighted by Crippen LogP contribution is 2.21. The molecule has 0 fully saturated rings. The third kappa shape index (κ3) is 6.51. The number of oxime groups is 1. The van der Waals surface area contributed by atoms with Crippen LogP contribution in [-0.2, 0) is 25.7 Å². The zero-order valence-corrected chi connectivity index (χ0v) is 16.1. The smallest absolute Gasteiger partial charge is 0.341 e. The zero-order valence-electron chi connectivity index (χ0n) is 16.1. The lowest BCUT2D eigenvalue weighted by Gasteiger charge is -2.11. The first-order valence-electron chi connectivity index (χ1n) is 8.02. The molecule has 0 aliphatic carbocycles. The largest absolute Gasteiger partial charge is 0.503 e. The molecule has 0 bridgehead atoms. The van der Waals surface area contributed by atoms with Gasteiger partial charge < -0.3 is 14.3 Å². The number of benzene rings is 1. The molecule has 0 radical (unpaired) electrons. The van der Waals surface area contributed by atoms with Crippen molar-refractivity contribution in [1.29, 1.82) is 0 Å². The first kappa shape index (κ1) is 21.1. The number of nitrogens with zero attached hydrogens (tertiary/aromatic N) is 3. The summed E-state index contributed by atoms with van der Waals surface area (Å²) in [6.45, 7) is 7.50. The van der Waals surface area contributed by atoms with Crippen LogP contribution in [-0.4, -0.2) is 37.3 Å². The van der Waals surface area contributed by atoms with E-state index in [4.69, 9.17) is 14.3 Å². The van der Waals surface area contributed by atoms with Crippen LogP contribution in [0.25, 0.3) is 5.57 Å². The molecule has 0 heterocycles. The van der Waals surface area contributed by atoms with Crippen molar-refractivity contribution in [3.63, 3.8) is 0 Å². The van der Waals surface area contributed by atoms with E-state index in [9.17, 15) is 4.79 Å². The van der Waals surface area contributed by atoms with Crippen LogP contribution in [0.3, 0.4) is 0 Å². The minimum absolute atomic E-state index is 0.176. The Morgan fingerprint density at radius 3 is 2.35 bits per heavy atom. The van der Waals surface area contributed by atoms with Gasteiger partial charge in [0.15, 0.2) is 0 Å². The van der Waals surface area contributed by atoms with Crippen molar-refractivity contribution in [1.82, 2.24) is 0 Å². The second kappa shape index (κ2) is 10.8. The Bertz CT molecular complexity index is 745. The van der Waals surface area contributed by atoms with Gasteiger partial charge in [0.2, 0.25) is 0 Å². The summed E-state index contributed by atoms with van der Waals surface area (Å²) in [5.41, 5.74) is 3.87. The first-order valence-corrected chi connectivity index (χ1v) is 8.02. The highest BCUT2D eigenvalue weighted by molar-refractivity contribution is 6.40. The van der Waals surface area contributed by atoms with Crippen molar-refractivity contribution in [2.24, 2.45) is 15.4 Å². The average molecular weight is 359 g/mol. The number of carbonyl (C=O) groups is 1. The van der Waals surface area contributed by atoms with Gasteiger partial charge in [0.05, 0.1) is 31.9 Å². The number of hydrogen-bond donors (Lipinski definition) is 0. The maximum atomic E-state index is 12.0. The molecule has 0 unspecified atom stereocenters. The molecule has 0 aliphatic heterocycles. The molecule has 0 aromatic heterocycles. The van der Waals surface area contributed by atoms with E-state index in [2.05, 4.69) is 15.4 Å². The summed E-state index contributed by atoms with van der Waals surface area (Å²) in [7, 11) is 2.79. The van der Waals surface area contributed by atoms with E-state index in [0.717, 1.165) is 11.3 Å². The van der Waals surface area contributed by atoms with Gasteiger partial charge in [-0.05, 0) is 33.3 Å². The van der Waals surface area contributed by atoms with Crippen molar-refractivity contribution < 1.29 is 19.1 Å². The number of ether oxygens (including phenoxy) is 2. The molecule has 26 heavy (non-hydrogen) atoms. The van der Waals surface area contributed by atoms with E-state index in [0.29, 0.717) is 22.6 Å². The van der Waals surface area contributed by atoms with Crippen molar-refractivity contribution in [3.05, 3.63) is 41.7 Å². The lowest BCUT2D eigenvalue weighted by atomic mass is 10.0. The van der Waals surface area contributed by atoms with Gasteiger partial charge in [0.25, 0.3) is 0 Å². The molecule has 0 N–H and O–H groups in total. The molecule has 140 valence electrons. The van der Waals surface area contributed by atoms with Crippen LogP contribution in [0.5, 0.6) is 0 Å². The monoisotopic (exact) mass is 359 g/mol. The van der Waals surface area contributed by atoms with Crippen LogP contribution < -0.4 is 0 Å². The SMILES string of the molecule is CO/C=C(\C(=O)OC)c1ccccc1CO/N=C(C)\C(C)=N/N=C(C)C.